The van der Waals surface area contributed by atoms with Crippen LogP contribution in [0.25, 0.3) is 0 Å². The summed E-state index contributed by atoms with van der Waals surface area (Å²) in [5, 5.41) is 9.93. The molecule has 0 saturated carbocycles. The van der Waals surface area contributed by atoms with Gasteiger partial charge in [0.1, 0.15) is 5.75 Å². The smallest absolute Gasteiger partial charge is 0.185 e. The van der Waals surface area contributed by atoms with Gasteiger partial charge in [-0.2, -0.15) is 0 Å². The van der Waals surface area contributed by atoms with Crippen LogP contribution in [0.4, 0.5) is 5.13 Å². The molecule has 1 aromatic carbocycles. The Bertz CT molecular complexity index is 496. The first-order valence-corrected chi connectivity index (χ1v) is 6.44. The van der Waals surface area contributed by atoms with E-state index in [-0.39, 0.29) is 6.61 Å². The van der Waals surface area contributed by atoms with Crippen LogP contribution in [-0.2, 0) is 13.2 Å². The molecule has 0 amide bonds. The summed E-state index contributed by atoms with van der Waals surface area (Å²) in [6.45, 7) is 0.830. The molecule has 4 nitrogen and oxygen atoms in total. The molecule has 0 aliphatic carbocycles. The first kappa shape index (κ1) is 12.9. The van der Waals surface area contributed by atoms with Gasteiger partial charge >= 0.3 is 0 Å². The van der Waals surface area contributed by atoms with Crippen molar-refractivity contribution in [1.82, 2.24) is 4.98 Å². The number of hydrogen-bond acceptors (Lipinski definition) is 5. The van der Waals surface area contributed by atoms with Crippen LogP contribution in [0.3, 0.4) is 0 Å². The SMILES string of the molecule is COc1ccc(CN(C)c2ncc(CO)s2)cc1. The van der Waals surface area contributed by atoms with E-state index < -0.39 is 0 Å². The summed E-state index contributed by atoms with van der Waals surface area (Å²) in [5.74, 6) is 0.859. The van der Waals surface area contributed by atoms with Crippen LogP contribution >= 0.6 is 11.3 Å². The van der Waals surface area contributed by atoms with Crippen molar-refractivity contribution < 1.29 is 9.84 Å². The molecule has 5 heteroatoms. The third kappa shape index (κ3) is 3.00. The Hall–Kier alpha value is -1.59. The number of nitrogens with zero attached hydrogens (tertiary/aromatic N) is 2. The van der Waals surface area contributed by atoms with Gasteiger partial charge in [0, 0.05) is 19.8 Å². The van der Waals surface area contributed by atoms with Crippen molar-refractivity contribution in [1.29, 1.82) is 0 Å². The van der Waals surface area contributed by atoms with Gasteiger partial charge in [-0.15, -0.1) is 0 Å². The van der Waals surface area contributed by atoms with Gasteiger partial charge in [-0.3, -0.25) is 0 Å². The van der Waals surface area contributed by atoms with Crippen molar-refractivity contribution in [2.45, 2.75) is 13.2 Å². The number of anilines is 1. The Morgan fingerprint density at radius 3 is 2.61 bits per heavy atom. The number of thiazole rings is 1. The lowest BCUT2D eigenvalue weighted by Gasteiger charge is -2.15. The normalized spacial score (nSPS) is 10.4. The Morgan fingerprint density at radius 1 is 1.33 bits per heavy atom. The summed E-state index contributed by atoms with van der Waals surface area (Å²) >= 11 is 1.51. The lowest BCUT2D eigenvalue weighted by molar-refractivity contribution is 0.285. The van der Waals surface area contributed by atoms with E-state index in [1.165, 1.54) is 16.9 Å². The molecule has 0 unspecified atom stereocenters. The second kappa shape index (κ2) is 5.84. The minimum absolute atomic E-state index is 0.0496. The standard InChI is InChI=1S/C13H16N2O2S/c1-15(13-14-7-12(9-16)18-13)8-10-3-5-11(17-2)6-4-10/h3-7,16H,8-9H2,1-2H3. The van der Waals surface area contributed by atoms with E-state index in [0.29, 0.717) is 0 Å². The highest BCUT2D eigenvalue weighted by molar-refractivity contribution is 7.15. The number of hydrogen-bond donors (Lipinski definition) is 1. The predicted molar refractivity (Wildman–Crippen MR) is 73.1 cm³/mol. The zero-order valence-corrected chi connectivity index (χ0v) is 11.3. The monoisotopic (exact) mass is 264 g/mol. The molecule has 0 spiro atoms. The minimum atomic E-state index is 0.0496. The molecule has 2 rings (SSSR count). The number of methoxy groups -OCH3 is 1. The van der Waals surface area contributed by atoms with Gasteiger partial charge in [-0.1, -0.05) is 23.5 Å². The Balaban J connectivity index is 2.03. The third-order valence-corrected chi connectivity index (χ3v) is 3.70. The number of aliphatic hydroxyl groups is 1. The molecule has 18 heavy (non-hydrogen) atoms. The lowest BCUT2D eigenvalue weighted by Crippen LogP contribution is -2.15. The van der Waals surface area contributed by atoms with E-state index in [2.05, 4.69) is 9.88 Å². The fourth-order valence-electron chi connectivity index (χ4n) is 1.62. The molecular weight excluding hydrogens is 248 g/mol. The molecule has 0 saturated heterocycles. The highest BCUT2D eigenvalue weighted by Crippen LogP contribution is 2.23. The average Bonchev–Trinajstić information content (AvgIpc) is 2.88. The minimum Gasteiger partial charge on any atom is -0.497 e. The van der Waals surface area contributed by atoms with Crippen molar-refractivity contribution >= 4 is 16.5 Å². The maximum atomic E-state index is 9.02. The average molecular weight is 264 g/mol. The molecule has 0 bridgehead atoms. The summed E-state index contributed by atoms with van der Waals surface area (Å²) in [6.07, 6.45) is 1.71. The van der Waals surface area contributed by atoms with Gasteiger partial charge in [-0.25, -0.2) is 4.98 Å². The van der Waals surface area contributed by atoms with Gasteiger partial charge in [0.05, 0.1) is 18.6 Å². The molecule has 0 aliphatic heterocycles. The van der Waals surface area contributed by atoms with E-state index in [9.17, 15) is 0 Å². The fourth-order valence-corrected chi connectivity index (χ4v) is 2.35. The van der Waals surface area contributed by atoms with Crippen molar-refractivity contribution in [3.63, 3.8) is 0 Å². The summed E-state index contributed by atoms with van der Waals surface area (Å²) in [6, 6.07) is 7.97. The molecule has 0 aliphatic rings. The Labute approximate surface area is 110 Å². The molecule has 1 aromatic heterocycles. The molecule has 1 heterocycles. The number of benzene rings is 1. The molecule has 96 valence electrons. The molecular formula is C13H16N2O2S. The Morgan fingerprint density at radius 2 is 2.06 bits per heavy atom. The van der Waals surface area contributed by atoms with Crippen molar-refractivity contribution in [2.75, 3.05) is 19.1 Å². The van der Waals surface area contributed by atoms with Crippen LogP contribution in [-0.4, -0.2) is 24.2 Å². The maximum absolute atomic E-state index is 9.02. The van der Waals surface area contributed by atoms with Crippen LogP contribution in [0.5, 0.6) is 5.75 Å². The number of aromatic nitrogens is 1. The van der Waals surface area contributed by atoms with Gasteiger partial charge < -0.3 is 14.7 Å². The molecule has 0 radical (unpaired) electrons. The second-order valence-electron chi connectivity index (χ2n) is 3.97. The quantitative estimate of drug-likeness (QED) is 0.900. The highest BCUT2D eigenvalue weighted by atomic mass is 32.1. The predicted octanol–water partition coefficient (Wildman–Crippen LogP) is 2.28. The van der Waals surface area contributed by atoms with Crippen LogP contribution in [0, 0.1) is 0 Å². The fraction of sp³-hybridized carbons (Fsp3) is 0.308. The van der Waals surface area contributed by atoms with Crippen LogP contribution in [0.2, 0.25) is 0 Å². The van der Waals surface area contributed by atoms with Crippen LogP contribution in [0.15, 0.2) is 30.5 Å². The molecule has 0 atom stereocenters. The first-order valence-electron chi connectivity index (χ1n) is 5.62. The summed E-state index contributed by atoms with van der Waals surface area (Å²) in [5.41, 5.74) is 1.19. The topological polar surface area (TPSA) is 45.6 Å². The van der Waals surface area contributed by atoms with Crippen LogP contribution in [0.1, 0.15) is 10.4 Å². The molecule has 2 aromatic rings. The highest BCUT2D eigenvalue weighted by Gasteiger charge is 2.07. The molecule has 0 fully saturated rings. The number of ether oxygens (including phenoxy) is 1. The van der Waals surface area contributed by atoms with Gasteiger partial charge in [0.2, 0.25) is 0 Å². The first-order chi connectivity index (χ1) is 8.72. The summed E-state index contributed by atoms with van der Waals surface area (Å²) in [4.78, 5) is 7.22. The maximum Gasteiger partial charge on any atom is 0.185 e. The van der Waals surface area contributed by atoms with Gasteiger partial charge in [-0.05, 0) is 17.7 Å². The van der Waals surface area contributed by atoms with Crippen molar-refractivity contribution in [3.05, 3.63) is 40.9 Å². The van der Waals surface area contributed by atoms with Crippen LogP contribution < -0.4 is 9.64 Å². The largest absolute Gasteiger partial charge is 0.497 e. The summed E-state index contributed by atoms with van der Waals surface area (Å²) in [7, 11) is 3.65. The van der Waals surface area contributed by atoms with Crippen molar-refractivity contribution in [3.8, 4) is 5.75 Å². The Kier molecular flexibility index (Phi) is 4.17. The van der Waals surface area contributed by atoms with E-state index in [4.69, 9.17) is 9.84 Å². The van der Waals surface area contributed by atoms with Gasteiger partial charge in [0.25, 0.3) is 0 Å². The zero-order valence-electron chi connectivity index (χ0n) is 10.5. The number of rotatable bonds is 5. The van der Waals surface area contributed by atoms with E-state index in [1.807, 2.05) is 31.3 Å². The second-order valence-corrected chi connectivity index (χ2v) is 5.07. The van der Waals surface area contributed by atoms with E-state index >= 15 is 0 Å². The summed E-state index contributed by atoms with van der Waals surface area (Å²) < 4.78 is 5.13. The van der Waals surface area contributed by atoms with Crippen molar-refractivity contribution in [2.24, 2.45) is 0 Å². The van der Waals surface area contributed by atoms with Gasteiger partial charge in [0.15, 0.2) is 5.13 Å². The van der Waals surface area contributed by atoms with E-state index in [0.717, 1.165) is 22.3 Å². The zero-order chi connectivity index (χ0) is 13.0. The molecule has 1 N–H and O–H groups in total. The van der Waals surface area contributed by atoms with E-state index in [1.54, 1.807) is 13.3 Å². The third-order valence-electron chi connectivity index (χ3n) is 2.60. The lowest BCUT2D eigenvalue weighted by atomic mass is 10.2. The number of aliphatic hydroxyl groups excluding tert-OH is 1.